The Morgan fingerprint density at radius 3 is 2.48 bits per heavy atom. The summed E-state index contributed by atoms with van der Waals surface area (Å²) in [5.41, 5.74) is -1.74. The molecule has 0 bridgehead atoms. The standard InChI is InChI=1S/C13H15BrF2N2O3/c1-3-4-13(2,11(19)20)18-12(21)17-10-8(14)5-7(15)6-9(10)16/h5-6H,3-4H2,1-2H3,(H,19,20)(H2,17,18,21). The second-order valence-electron chi connectivity index (χ2n) is 4.71. The van der Waals surface area contributed by atoms with Crippen LogP contribution in [0.15, 0.2) is 16.6 Å². The topological polar surface area (TPSA) is 78.4 Å². The fourth-order valence-electron chi connectivity index (χ4n) is 1.78. The van der Waals surface area contributed by atoms with Crippen LogP contribution in [-0.4, -0.2) is 22.6 Å². The average molecular weight is 365 g/mol. The summed E-state index contributed by atoms with van der Waals surface area (Å²) >= 11 is 2.93. The van der Waals surface area contributed by atoms with Crippen LogP contribution in [0, 0.1) is 11.6 Å². The molecule has 3 N–H and O–H groups in total. The molecule has 21 heavy (non-hydrogen) atoms. The van der Waals surface area contributed by atoms with Crippen molar-refractivity contribution in [2.24, 2.45) is 0 Å². The largest absolute Gasteiger partial charge is 0.480 e. The minimum Gasteiger partial charge on any atom is -0.480 e. The Morgan fingerprint density at radius 2 is 2.00 bits per heavy atom. The summed E-state index contributed by atoms with van der Waals surface area (Å²) in [7, 11) is 0. The van der Waals surface area contributed by atoms with Gasteiger partial charge in [0.15, 0.2) is 5.82 Å². The quantitative estimate of drug-likeness (QED) is 0.748. The first-order valence-electron chi connectivity index (χ1n) is 6.16. The molecule has 2 amide bonds. The van der Waals surface area contributed by atoms with Gasteiger partial charge in [-0.05, 0) is 35.3 Å². The summed E-state index contributed by atoms with van der Waals surface area (Å²) in [6, 6.07) is 0.712. The number of carboxylic acid groups (broad SMARTS) is 1. The molecule has 0 aliphatic heterocycles. The molecule has 1 rings (SSSR count). The van der Waals surface area contributed by atoms with Crippen molar-refractivity contribution < 1.29 is 23.5 Å². The zero-order valence-corrected chi connectivity index (χ0v) is 13.1. The van der Waals surface area contributed by atoms with E-state index in [1.807, 2.05) is 0 Å². The van der Waals surface area contributed by atoms with Crippen LogP contribution in [-0.2, 0) is 4.79 Å². The van der Waals surface area contributed by atoms with Crippen molar-refractivity contribution in [2.75, 3.05) is 5.32 Å². The summed E-state index contributed by atoms with van der Waals surface area (Å²) in [6.07, 6.45) is 0.751. The molecule has 0 spiro atoms. The highest BCUT2D eigenvalue weighted by Crippen LogP contribution is 2.27. The number of benzene rings is 1. The molecule has 1 unspecified atom stereocenters. The molecule has 0 heterocycles. The molecule has 0 fully saturated rings. The molecule has 5 nitrogen and oxygen atoms in total. The Kier molecular flexibility index (Phi) is 5.65. The van der Waals surface area contributed by atoms with Crippen molar-refractivity contribution in [3.05, 3.63) is 28.2 Å². The lowest BCUT2D eigenvalue weighted by Crippen LogP contribution is -2.53. The van der Waals surface area contributed by atoms with Crippen molar-refractivity contribution in [1.82, 2.24) is 5.32 Å². The molecule has 0 radical (unpaired) electrons. The van der Waals surface area contributed by atoms with E-state index in [4.69, 9.17) is 5.11 Å². The smallest absolute Gasteiger partial charge is 0.329 e. The zero-order valence-electron chi connectivity index (χ0n) is 11.5. The SMILES string of the molecule is CCCC(C)(NC(=O)Nc1c(F)cc(F)cc1Br)C(=O)O. The number of amides is 2. The van der Waals surface area contributed by atoms with Gasteiger partial charge in [-0.1, -0.05) is 13.3 Å². The summed E-state index contributed by atoms with van der Waals surface area (Å²) in [6.45, 7) is 3.13. The van der Waals surface area contributed by atoms with Gasteiger partial charge in [0.2, 0.25) is 0 Å². The minimum absolute atomic E-state index is 0.0164. The molecule has 116 valence electrons. The lowest BCUT2D eigenvalue weighted by atomic mass is 9.97. The molecule has 1 aromatic rings. The van der Waals surface area contributed by atoms with Crippen LogP contribution >= 0.6 is 15.9 Å². The zero-order chi connectivity index (χ0) is 16.2. The van der Waals surface area contributed by atoms with E-state index in [-0.39, 0.29) is 16.6 Å². The predicted molar refractivity (Wildman–Crippen MR) is 77.2 cm³/mol. The lowest BCUT2D eigenvalue weighted by Gasteiger charge is -2.26. The van der Waals surface area contributed by atoms with Crippen molar-refractivity contribution in [1.29, 1.82) is 0 Å². The molecule has 0 aliphatic carbocycles. The third kappa shape index (κ3) is 4.38. The van der Waals surface area contributed by atoms with Crippen molar-refractivity contribution in [3.8, 4) is 0 Å². The maximum absolute atomic E-state index is 13.6. The van der Waals surface area contributed by atoms with Crippen LogP contribution in [0.1, 0.15) is 26.7 Å². The van der Waals surface area contributed by atoms with Gasteiger partial charge in [-0.2, -0.15) is 0 Å². The number of carboxylic acids is 1. The van der Waals surface area contributed by atoms with Gasteiger partial charge >= 0.3 is 12.0 Å². The summed E-state index contributed by atoms with van der Waals surface area (Å²) < 4.78 is 26.5. The molecule has 0 aliphatic rings. The van der Waals surface area contributed by atoms with E-state index in [1.165, 1.54) is 6.92 Å². The van der Waals surface area contributed by atoms with Gasteiger partial charge in [-0.25, -0.2) is 18.4 Å². The first-order chi connectivity index (χ1) is 9.69. The van der Waals surface area contributed by atoms with Gasteiger partial charge in [-0.15, -0.1) is 0 Å². The molecule has 8 heteroatoms. The van der Waals surface area contributed by atoms with E-state index in [1.54, 1.807) is 6.92 Å². The number of hydrogen-bond donors (Lipinski definition) is 3. The van der Waals surface area contributed by atoms with Gasteiger partial charge < -0.3 is 15.7 Å². The first-order valence-corrected chi connectivity index (χ1v) is 6.96. The Morgan fingerprint density at radius 1 is 1.38 bits per heavy atom. The number of urea groups is 1. The minimum atomic E-state index is -1.47. The monoisotopic (exact) mass is 364 g/mol. The van der Waals surface area contributed by atoms with E-state index in [2.05, 4.69) is 26.6 Å². The second-order valence-corrected chi connectivity index (χ2v) is 5.57. The van der Waals surface area contributed by atoms with Crippen molar-refractivity contribution in [2.45, 2.75) is 32.2 Å². The molecule has 0 saturated carbocycles. The normalized spacial score (nSPS) is 13.4. The van der Waals surface area contributed by atoms with Gasteiger partial charge in [0.05, 0.1) is 5.69 Å². The second kappa shape index (κ2) is 6.84. The van der Waals surface area contributed by atoms with Gasteiger partial charge in [-0.3, -0.25) is 0 Å². The summed E-state index contributed by atoms with van der Waals surface area (Å²) in [4.78, 5) is 23.0. The maximum atomic E-state index is 13.6. The Balaban J connectivity index is 2.89. The van der Waals surface area contributed by atoms with Crippen LogP contribution in [0.5, 0.6) is 0 Å². The number of carbonyl (C=O) groups is 2. The third-order valence-corrected chi connectivity index (χ3v) is 3.48. The first kappa shape index (κ1) is 17.4. The number of nitrogens with one attached hydrogen (secondary N) is 2. The number of halogens is 3. The van der Waals surface area contributed by atoms with E-state index in [9.17, 15) is 18.4 Å². The Labute approximate surface area is 128 Å². The number of aliphatic carboxylic acids is 1. The van der Waals surface area contributed by atoms with Crippen LogP contribution in [0.3, 0.4) is 0 Å². The van der Waals surface area contributed by atoms with E-state index >= 15 is 0 Å². The highest BCUT2D eigenvalue weighted by atomic mass is 79.9. The van der Waals surface area contributed by atoms with Gasteiger partial charge in [0.1, 0.15) is 11.4 Å². The number of anilines is 1. The van der Waals surface area contributed by atoms with Crippen LogP contribution in [0.25, 0.3) is 0 Å². The molecular weight excluding hydrogens is 350 g/mol. The highest BCUT2D eigenvalue weighted by Gasteiger charge is 2.34. The van der Waals surface area contributed by atoms with Crippen molar-refractivity contribution in [3.63, 3.8) is 0 Å². The summed E-state index contributed by atoms with van der Waals surface area (Å²) in [5, 5.41) is 13.6. The van der Waals surface area contributed by atoms with Gasteiger partial charge in [0.25, 0.3) is 0 Å². The van der Waals surface area contributed by atoms with Gasteiger partial charge in [0, 0.05) is 10.5 Å². The number of hydrogen-bond acceptors (Lipinski definition) is 2. The third-order valence-electron chi connectivity index (χ3n) is 2.86. The van der Waals surface area contributed by atoms with Crippen LogP contribution < -0.4 is 10.6 Å². The predicted octanol–water partition coefficient (Wildman–Crippen LogP) is 3.49. The fraction of sp³-hybridized carbons (Fsp3) is 0.385. The fourth-order valence-corrected chi connectivity index (χ4v) is 2.29. The molecular formula is C13H15BrF2N2O3. The lowest BCUT2D eigenvalue weighted by molar-refractivity contribution is -0.143. The van der Waals surface area contributed by atoms with E-state index in [0.29, 0.717) is 12.5 Å². The Hall–Kier alpha value is -1.70. The molecule has 0 saturated heterocycles. The molecule has 1 aromatic carbocycles. The van der Waals surface area contributed by atoms with Crippen molar-refractivity contribution >= 4 is 33.6 Å². The average Bonchev–Trinajstić information content (AvgIpc) is 2.33. The number of carbonyl (C=O) groups excluding carboxylic acids is 1. The molecule has 1 atom stereocenters. The van der Waals surface area contributed by atoms with Crippen LogP contribution in [0.2, 0.25) is 0 Å². The van der Waals surface area contributed by atoms with Crippen LogP contribution in [0.4, 0.5) is 19.3 Å². The number of rotatable bonds is 5. The maximum Gasteiger partial charge on any atom is 0.329 e. The molecule has 0 aromatic heterocycles. The van der Waals surface area contributed by atoms with E-state index in [0.717, 1.165) is 6.07 Å². The Bertz CT molecular complexity index is 545. The van der Waals surface area contributed by atoms with E-state index < -0.39 is 29.2 Å². The highest BCUT2D eigenvalue weighted by molar-refractivity contribution is 9.10. The summed E-state index contributed by atoms with van der Waals surface area (Å²) in [5.74, 6) is -2.96.